The molecule has 6 heteroatoms. The molecule has 0 bridgehead atoms. The van der Waals surface area contributed by atoms with Gasteiger partial charge in [0, 0.05) is 11.1 Å². The second-order valence-electron chi connectivity index (χ2n) is 4.87. The van der Waals surface area contributed by atoms with Crippen molar-refractivity contribution in [2.45, 2.75) is 43.6 Å². The summed E-state index contributed by atoms with van der Waals surface area (Å²) in [5, 5.41) is 9.11. The van der Waals surface area contributed by atoms with Crippen LogP contribution in [0.4, 0.5) is 0 Å². The van der Waals surface area contributed by atoms with E-state index in [0.717, 1.165) is 4.88 Å². The Bertz CT molecular complexity index is 455. The van der Waals surface area contributed by atoms with Crippen LogP contribution in [0, 0.1) is 0 Å². The average molecular weight is 263 g/mol. The van der Waals surface area contributed by atoms with E-state index in [1.807, 2.05) is 20.8 Å². The molecule has 0 aromatic carbocycles. The molecule has 0 radical (unpaired) electrons. The standard InChI is InChI=1S/C10H17NO3S2/c1-7(12)6-16(13,14)9-11-5-8(15-9)10(2,3)4/h5,7,12H,6H2,1-4H3. The average Bonchev–Trinajstić information content (AvgIpc) is 2.47. The van der Waals surface area contributed by atoms with E-state index in [2.05, 4.69) is 4.98 Å². The molecular weight excluding hydrogens is 246 g/mol. The zero-order valence-electron chi connectivity index (χ0n) is 9.89. The summed E-state index contributed by atoms with van der Waals surface area (Å²) in [6, 6.07) is 0. The predicted octanol–water partition coefficient (Wildman–Crippen LogP) is 1.60. The number of nitrogens with zero attached hydrogens (tertiary/aromatic N) is 1. The lowest BCUT2D eigenvalue weighted by molar-refractivity contribution is 0.218. The van der Waals surface area contributed by atoms with Crippen molar-refractivity contribution < 1.29 is 13.5 Å². The van der Waals surface area contributed by atoms with E-state index < -0.39 is 15.9 Å². The Morgan fingerprint density at radius 2 is 2.06 bits per heavy atom. The van der Waals surface area contributed by atoms with Crippen LogP contribution in [0.3, 0.4) is 0 Å². The molecule has 1 N–H and O–H groups in total. The molecule has 92 valence electrons. The zero-order valence-corrected chi connectivity index (χ0v) is 11.5. The van der Waals surface area contributed by atoms with Crippen molar-refractivity contribution in [3.63, 3.8) is 0 Å². The van der Waals surface area contributed by atoms with Gasteiger partial charge in [-0.3, -0.25) is 0 Å². The lowest BCUT2D eigenvalue weighted by atomic mass is 9.96. The topological polar surface area (TPSA) is 67.3 Å². The van der Waals surface area contributed by atoms with Gasteiger partial charge in [0.25, 0.3) is 0 Å². The van der Waals surface area contributed by atoms with Gasteiger partial charge in [0.1, 0.15) is 0 Å². The first-order valence-electron chi connectivity index (χ1n) is 5.00. The SMILES string of the molecule is CC(O)CS(=O)(=O)c1ncc(C(C)(C)C)s1. The number of hydrogen-bond donors (Lipinski definition) is 1. The van der Waals surface area contributed by atoms with Crippen LogP contribution in [0.5, 0.6) is 0 Å². The normalized spacial score (nSPS) is 15.1. The summed E-state index contributed by atoms with van der Waals surface area (Å²) in [5.74, 6) is -0.274. The van der Waals surface area contributed by atoms with Crippen LogP contribution in [0.2, 0.25) is 0 Å². The van der Waals surface area contributed by atoms with Crippen LogP contribution in [0.25, 0.3) is 0 Å². The maximum Gasteiger partial charge on any atom is 0.209 e. The van der Waals surface area contributed by atoms with Gasteiger partial charge < -0.3 is 5.11 Å². The molecule has 0 fully saturated rings. The van der Waals surface area contributed by atoms with Crippen molar-refractivity contribution in [3.8, 4) is 0 Å². The fourth-order valence-corrected chi connectivity index (χ4v) is 3.81. The molecule has 0 spiro atoms. The third kappa shape index (κ3) is 3.26. The van der Waals surface area contributed by atoms with Crippen molar-refractivity contribution >= 4 is 21.2 Å². The van der Waals surface area contributed by atoms with Gasteiger partial charge in [-0.05, 0) is 12.3 Å². The molecule has 1 rings (SSSR count). The summed E-state index contributed by atoms with van der Waals surface area (Å²) >= 11 is 1.18. The van der Waals surface area contributed by atoms with E-state index in [0.29, 0.717) is 0 Å². The summed E-state index contributed by atoms with van der Waals surface area (Å²) in [4.78, 5) is 4.85. The van der Waals surface area contributed by atoms with Crippen LogP contribution in [0.15, 0.2) is 10.5 Å². The lowest BCUT2D eigenvalue weighted by Gasteiger charge is -2.14. The van der Waals surface area contributed by atoms with E-state index in [1.165, 1.54) is 18.3 Å². The minimum atomic E-state index is -3.44. The number of sulfone groups is 1. The van der Waals surface area contributed by atoms with Crippen molar-refractivity contribution in [2.75, 3.05) is 5.75 Å². The van der Waals surface area contributed by atoms with E-state index in [4.69, 9.17) is 5.11 Å². The smallest absolute Gasteiger partial charge is 0.209 e. The Labute approximate surface area is 100 Å². The Morgan fingerprint density at radius 1 is 1.50 bits per heavy atom. The van der Waals surface area contributed by atoms with Gasteiger partial charge in [0.05, 0.1) is 11.9 Å². The monoisotopic (exact) mass is 263 g/mol. The van der Waals surface area contributed by atoms with Gasteiger partial charge >= 0.3 is 0 Å². The fourth-order valence-electron chi connectivity index (χ4n) is 1.14. The summed E-state index contributed by atoms with van der Waals surface area (Å²) in [6.07, 6.45) is 0.728. The summed E-state index contributed by atoms with van der Waals surface area (Å²) in [6.45, 7) is 7.47. The quantitative estimate of drug-likeness (QED) is 0.899. The van der Waals surface area contributed by atoms with E-state index in [9.17, 15) is 8.42 Å². The lowest BCUT2D eigenvalue weighted by Crippen LogP contribution is -2.17. The Morgan fingerprint density at radius 3 is 2.44 bits per heavy atom. The number of aliphatic hydroxyl groups excluding tert-OH is 1. The minimum absolute atomic E-state index is 0.0957. The second-order valence-corrected chi connectivity index (χ2v) is 8.11. The van der Waals surface area contributed by atoms with Crippen LogP contribution in [-0.4, -0.2) is 30.4 Å². The molecule has 1 unspecified atom stereocenters. The Balaban J connectivity index is 3.03. The van der Waals surface area contributed by atoms with Gasteiger partial charge in [-0.25, -0.2) is 13.4 Å². The molecule has 0 amide bonds. The highest BCUT2D eigenvalue weighted by Gasteiger charge is 2.24. The number of rotatable bonds is 3. The Kier molecular flexibility index (Phi) is 3.76. The highest BCUT2D eigenvalue weighted by molar-refractivity contribution is 7.93. The van der Waals surface area contributed by atoms with Crippen molar-refractivity contribution in [3.05, 3.63) is 11.1 Å². The van der Waals surface area contributed by atoms with E-state index >= 15 is 0 Å². The van der Waals surface area contributed by atoms with E-state index in [1.54, 1.807) is 6.20 Å². The van der Waals surface area contributed by atoms with Crippen molar-refractivity contribution in [1.82, 2.24) is 4.98 Å². The van der Waals surface area contributed by atoms with Crippen LogP contribution in [-0.2, 0) is 15.3 Å². The number of hydrogen-bond acceptors (Lipinski definition) is 5. The zero-order chi connectivity index (χ0) is 12.6. The first kappa shape index (κ1) is 13.6. The molecular formula is C10H17NO3S2. The second kappa shape index (κ2) is 4.43. The molecule has 0 aliphatic carbocycles. The number of thiazole rings is 1. The predicted molar refractivity (Wildman–Crippen MR) is 64.5 cm³/mol. The van der Waals surface area contributed by atoms with Crippen LogP contribution < -0.4 is 0 Å². The molecule has 4 nitrogen and oxygen atoms in total. The first-order valence-corrected chi connectivity index (χ1v) is 7.47. The molecule has 1 atom stereocenters. The summed E-state index contributed by atoms with van der Waals surface area (Å²) in [7, 11) is -3.44. The molecule has 0 saturated carbocycles. The van der Waals surface area contributed by atoms with Crippen molar-refractivity contribution in [2.24, 2.45) is 0 Å². The first-order chi connectivity index (χ1) is 7.13. The van der Waals surface area contributed by atoms with Gasteiger partial charge in [-0.2, -0.15) is 0 Å². The molecule has 1 aromatic heterocycles. The molecule has 1 heterocycles. The molecule has 1 aromatic rings. The maximum absolute atomic E-state index is 11.8. The van der Waals surface area contributed by atoms with Crippen molar-refractivity contribution in [1.29, 1.82) is 0 Å². The molecule has 0 aliphatic rings. The highest BCUT2D eigenvalue weighted by atomic mass is 32.2. The van der Waals surface area contributed by atoms with Gasteiger partial charge in [0.15, 0.2) is 0 Å². The highest BCUT2D eigenvalue weighted by Crippen LogP contribution is 2.30. The number of aliphatic hydroxyl groups is 1. The summed E-state index contributed by atoms with van der Waals surface area (Å²) in [5.41, 5.74) is -0.101. The third-order valence-electron chi connectivity index (χ3n) is 1.95. The largest absolute Gasteiger partial charge is 0.392 e. The minimum Gasteiger partial charge on any atom is -0.392 e. The molecule has 0 saturated heterocycles. The van der Waals surface area contributed by atoms with Crippen LogP contribution in [0.1, 0.15) is 32.6 Å². The van der Waals surface area contributed by atoms with Gasteiger partial charge in [0.2, 0.25) is 14.2 Å². The third-order valence-corrected chi connectivity index (χ3v) is 5.74. The molecule has 16 heavy (non-hydrogen) atoms. The number of aromatic nitrogens is 1. The molecule has 0 aliphatic heterocycles. The van der Waals surface area contributed by atoms with Gasteiger partial charge in [-0.15, -0.1) is 11.3 Å². The Hall–Kier alpha value is -0.460. The van der Waals surface area contributed by atoms with Crippen LogP contribution >= 0.6 is 11.3 Å². The maximum atomic E-state index is 11.8. The summed E-state index contributed by atoms with van der Waals surface area (Å²) < 4.78 is 23.6. The van der Waals surface area contributed by atoms with Gasteiger partial charge in [-0.1, -0.05) is 20.8 Å². The fraction of sp³-hybridized carbons (Fsp3) is 0.700. The van der Waals surface area contributed by atoms with E-state index in [-0.39, 0.29) is 15.5 Å².